The minimum atomic E-state index is -0.229. The Morgan fingerprint density at radius 2 is 2.08 bits per heavy atom. The monoisotopic (exact) mass is 326 g/mol. The molecule has 1 heterocycles. The van der Waals surface area contributed by atoms with Crippen molar-refractivity contribution in [3.8, 4) is 5.88 Å². The molecule has 126 valence electrons. The van der Waals surface area contributed by atoms with Crippen LogP contribution in [0.3, 0.4) is 0 Å². The molecule has 1 unspecified atom stereocenters. The average molecular weight is 326 g/mol. The summed E-state index contributed by atoms with van der Waals surface area (Å²) in [6, 6.07) is 12.8. The molecule has 1 atom stereocenters. The molecule has 1 saturated carbocycles. The van der Waals surface area contributed by atoms with Crippen molar-refractivity contribution in [3.05, 3.63) is 59.8 Å². The molecular weight excluding hydrogens is 304 g/mol. The molecule has 1 fully saturated rings. The molecule has 1 aromatic heterocycles. The second-order valence-electron chi connectivity index (χ2n) is 6.00. The molecule has 1 aromatic carbocycles. The summed E-state index contributed by atoms with van der Waals surface area (Å²) >= 11 is 0. The van der Waals surface area contributed by atoms with E-state index < -0.39 is 0 Å². The van der Waals surface area contributed by atoms with Gasteiger partial charge in [0, 0.05) is 24.4 Å². The summed E-state index contributed by atoms with van der Waals surface area (Å²) < 4.78 is 5.75. The van der Waals surface area contributed by atoms with Crippen LogP contribution in [0.1, 0.15) is 47.6 Å². The van der Waals surface area contributed by atoms with Gasteiger partial charge in [-0.3, -0.25) is 4.79 Å². The lowest BCUT2D eigenvalue weighted by molar-refractivity contribution is 0.0925. The molecule has 2 N–H and O–H groups in total. The molecule has 0 radical (unpaired) electrons. The van der Waals surface area contributed by atoms with Crippen LogP contribution < -0.4 is 10.1 Å². The fraction of sp³-hybridized carbons (Fsp3) is 0.368. The van der Waals surface area contributed by atoms with E-state index in [9.17, 15) is 9.90 Å². The third-order valence-electron chi connectivity index (χ3n) is 4.26. The molecule has 3 rings (SSSR count). The average Bonchev–Trinajstić information content (AvgIpc) is 2.59. The number of aromatic nitrogens is 1. The summed E-state index contributed by atoms with van der Waals surface area (Å²) in [5.74, 6) is 0.295. The van der Waals surface area contributed by atoms with Gasteiger partial charge in [0.05, 0.1) is 6.04 Å². The normalized spacial score (nSPS) is 15.4. The third kappa shape index (κ3) is 4.11. The van der Waals surface area contributed by atoms with Gasteiger partial charge in [0.25, 0.3) is 5.91 Å². The summed E-state index contributed by atoms with van der Waals surface area (Å²) in [6.45, 7) is 0.00618. The Hall–Kier alpha value is -2.40. The zero-order chi connectivity index (χ0) is 16.8. The van der Waals surface area contributed by atoms with Crippen LogP contribution in [0.4, 0.5) is 0 Å². The number of rotatable bonds is 7. The quantitative estimate of drug-likeness (QED) is 0.821. The van der Waals surface area contributed by atoms with Gasteiger partial charge in [-0.1, -0.05) is 30.3 Å². The Bertz CT molecular complexity index is 671. The van der Waals surface area contributed by atoms with Gasteiger partial charge in [-0.05, 0) is 37.3 Å². The van der Waals surface area contributed by atoms with Crippen molar-refractivity contribution in [2.24, 2.45) is 0 Å². The first-order valence-electron chi connectivity index (χ1n) is 8.35. The number of hydrogen-bond donors (Lipinski definition) is 2. The maximum absolute atomic E-state index is 12.5. The summed E-state index contributed by atoms with van der Waals surface area (Å²) in [5.41, 5.74) is 1.48. The second kappa shape index (κ2) is 7.93. The smallest absolute Gasteiger partial charge is 0.252 e. The highest BCUT2D eigenvalue weighted by atomic mass is 16.5. The fourth-order valence-electron chi connectivity index (χ4n) is 2.65. The predicted molar refractivity (Wildman–Crippen MR) is 90.9 cm³/mol. The van der Waals surface area contributed by atoms with E-state index in [-0.39, 0.29) is 24.7 Å². The van der Waals surface area contributed by atoms with Crippen LogP contribution in [0.5, 0.6) is 5.88 Å². The Morgan fingerprint density at radius 3 is 2.75 bits per heavy atom. The first-order chi connectivity index (χ1) is 11.8. The largest absolute Gasteiger partial charge is 0.474 e. The van der Waals surface area contributed by atoms with Gasteiger partial charge in [-0.2, -0.15) is 0 Å². The van der Waals surface area contributed by atoms with Crippen LogP contribution >= 0.6 is 0 Å². The summed E-state index contributed by atoms with van der Waals surface area (Å²) in [5, 5.41) is 12.3. The Morgan fingerprint density at radius 1 is 1.29 bits per heavy atom. The van der Waals surface area contributed by atoms with Crippen LogP contribution in [0, 0.1) is 0 Å². The maximum atomic E-state index is 12.5. The van der Waals surface area contributed by atoms with E-state index in [1.807, 2.05) is 30.3 Å². The molecule has 2 aromatic rings. The number of aliphatic hydroxyl groups is 1. The lowest BCUT2D eigenvalue weighted by atomic mass is 9.96. The molecule has 0 aliphatic heterocycles. The molecule has 5 nitrogen and oxygen atoms in total. The van der Waals surface area contributed by atoms with Crippen LogP contribution in [-0.4, -0.2) is 28.7 Å². The molecule has 0 saturated heterocycles. The van der Waals surface area contributed by atoms with E-state index in [2.05, 4.69) is 10.3 Å². The molecule has 24 heavy (non-hydrogen) atoms. The second-order valence-corrected chi connectivity index (χ2v) is 6.00. The van der Waals surface area contributed by atoms with Crippen molar-refractivity contribution >= 4 is 5.91 Å². The van der Waals surface area contributed by atoms with Crippen LogP contribution in [-0.2, 0) is 0 Å². The number of benzene rings is 1. The number of carbonyl (C=O) groups excluding carboxylic acids is 1. The highest BCUT2D eigenvalue weighted by Crippen LogP contribution is 2.24. The number of hydrogen-bond acceptors (Lipinski definition) is 4. The number of pyridine rings is 1. The first-order valence-corrected chi connectivity index (χ1v) is 8.35. The summed E-state index contributed by atoms with van der Waals surface area (Å²) in [6.07, 6.45) is 5.56. The van der Waals surface area contributed by atoms with Crippen LogP contribution in [0.15, 0.2) is 48.7 Å². The van der Waals surface area contributed by atoms with E-state index in [4.69, 9.17) is 4.74 Å². The van der Waals surface area contributed by atoms with E-state index >= 15 is 0 Å². The van der Waals surface area contributed by atoms with Gasteiger partial charge in [-0.25, -0.2) is 4.98 Å². The third-order valence-corrected chi connectivity index (χ3v) is 4.26. The zero-order valence-electron chi connectivity index (χ0n) is 13.5. The standard InChI is InChI=1S/C19H22N2O3/c22-12-10-17(14-5-2-1-3-6-14)21-19(23)15-9-11-20-18(13-15)24-16-7-4-8-16/h1-3,5-6,9,11,13,16-17,22H,4,7-8,10,12H2,(H,21,23). The molecule has 1 amide bonds. The van der Waals surface area contributed by atoms with E-state index in [1.165, 1.54) is 6.42 Å². The topological polar surface area (TPSA) is 71.5 Å². The van der Waals surface area contributed by atoms with E-state index in [0.29, 0.717) is 17.9 Å². The predicted octanol–water partition coefficient (Wildman–Crippen LogP) is 2.87. The molecular formula is C19H22N2O3. The number of carbonyl (C=O) groups is 1. The van der Waals surface area contributed by atoms with Gasteiger partial charge in [0.2, 0.25) is 5.88 Å². The maximum Gasteiger partial charge on any atom is 0.252 e. The Kier molecular flexibility index (Phi) is 5.43. The molecule has 1 aliphatic rings. The number of nitrogens with zero attached hydrogens (tertiary/aromatic N) is 1. The van der Waals surface area contributed by atoms with Crippen molar-refractivity contribution in [1.82, 2.24) is 10.3 Å². The van der Waals surface area contributed by atoms with Crippen molar-refractivity contribution in [1.29, 1.82) is 0 Å². The van der Waals surface area contributed by atoms with Crippen molar-refractivity contribution in [3.63, 3.8) is 0 Å². The molecule has 0 spiro atoms. The van der Waals surface area contributed by atoms with E-state index in [0.717, 1.165) is 18.4 Å². The van der Waals surface area contributed by atoms with Gasteiger partial charge in [-0.15, -0.1) is 0 Å². The van der Waals surface area contributed by atoms with Gasteiger partial charge in [0.15, 0.2) is 0 Å². The number of ether oxygens (including phenoxy) is 1. The van der Waals surface area contributed by atoms with Crippen molar-refractivity contribution < 1.29 is 14.6 Å². The minimum absolute atomic E-state index is 0.00618. The SMILES string of the molecule is O=C(NC(CCO)c1ccccc1)c1ccnc(OC2CCC2)c1. The summed E-state index contributed by atoms with van der Waals surface area (Å²) in [4.78, 5) is 16.7. The highest BCUT2D eigenvalue weighted by Gasteiger charge is 2.20. The fourth-order valence-corrected chi connectivity index (χ4v) is 2.65. The lowest BCUT2D eigenvalue weighted by Crippen LogP contribution is -2.29. The molecule has 1 aliphatic carbocycles. The lowest BCUT2D eigenvalue weighted by Gasteiger charge is -2.25. The Labute approximate surface area is 141 Å². The van der Waals surface area contributed by atoms with Gasteiger partial charge < -0.3 is 15.2 Å². The van der Waals surface area contributed by atoms with Gasteiger partial charge >= 0.3 is 0 Å². The number of amides is 1. The van der Waals surface area contributed by atoms with Crippen LogP contribution in [0.2, 0.25) is 0 Å². The number of aliphatic hydroxyl groups excluding tert-OH is 1. The highest BCUT2D eigenvalue weighted by molar-refractivity contribution is 5.94. The summed E-state index contributed by atoms with van der Waals surface area (Å²) in [7, 11) is 0. The number of nitrogens with one attached hydrogen (secondary N) is 1. The Balaban J connectivity index is 1.69. The van der Waals surface area contributed by atoms with E-state index in [1.54, 1.807) is 18.3 Å². The van der Waals surface area contributed by atoms with Crippen molar-refractivity contribution in [2.45, 2.75) is 37.8 Å². The minimum Gasteiger partial charge on any atom is -0.474 e. The zero-order valence-corrected chi connectivity index (χ0v) is 13.5. The van der Waals surface area contributed by atoms with Crippen molar-refractivity contribution in [2.75, 3.05) is 6.61 Å². The van der Waals surface area contributed by atoms with Gasteiger partial charge in [0.1, 0.15) is 6.10 Å². The molecule has 5 heteroatoms. The first kappa shape index (κ1) is 16.5. The molecule has 0 bridgehead atoms. The van der Waals surface area contributed by atoms with Crippen LogP contribution in [0.25, 0.3) is 0 Å².